The normalized spacial score (nSPS) is 33.4. The first kappa shape index (κ1) is 27.8. The van der Waals surface area contributed by atoms with E-state index in [1.54, 1.807) is 0 Å². The van der Waals surface area contributed by atoms with Crippen molar-refractivity contribution in [1.29, 1.82) is 0 Å². The first-order valence-corrected chi connectivity index (χ1v) is 10.5. The molecule has 2 fully saturated rings. The summed E-state index contributed by atoms with van der Waals surface area (Å²) in [7, 11) is -8.80. The van der Waals surface area contributed by atoms with E-state index in [1.165, 1.54) is 0 Å². The summed E-state index contributed by atoms with van der Waals surface area (Å²) in [5, 5.41) is -3.37. The van der Waals surface area contributed by atoms with E-state index in [0.717, 1.165) is 7.11 Å². The van der Waals surface area contributed by atoms with Crippen LogP contribution in [0.25, 0.3) is 0 Å². The third-order valence-electron chi connectivity index (χ3n) is 5.09. The van der Waals surface area contributed by atoms with E-state index in [-0.39, 0.29) is 84.8 Å². The van der Waals surface area contributed by atoms with Gasteiger partial charge < -0.3 is 18.6 Å². The van der Waals surface area contributed by atoms with Gasteiger partial charge in [-0.25, -0.2) is 16.8 Å². The molecule has 6 unspecified atom stereocenters. The van der Waals surface area contributed by atoms with Gasteiger partial charge in [-0.15, -0.1) is 0 Å². The molecule has 10 nitrogen and oxygen atoms in total. The number of rotatable bonds is 5. The first-order valence-electron chi connectivity index (χ1n) is 7.55. The molecule has 0 radical (unpaired) electrons. The van der Waals surface area contributed by atoms with Crippen LogP contribution in [-0.4, -0.2) is 62.1 Å². The smallest absolute Gasteiger partial charge is 0.748 e. The van der Waals surface area contributed by atoms with Gasteiger partial charge >= 0.3 is 65.1 Å². The summed E-state index contributed by atoms with van der Waals surface area (Å²) in [6.45, 7) is 0.113. The van der Waals surface area contributed by atoms with Gasteiger partial charge in [-0.1, -0.05) is 0 Å². The molecule has 0 heterocycles. The molecule has 0 amide bonds. The minimum atomic E-state index is -4.97. The summed E-state index contributed by atoms with van der Waals surface area (Å²) in [6, 6.07) is 0. The topological polar surface area (TPSA) is 167 Å². The van der Waals surface area contributed by atoms with Crippen LogP contribution >= 0.6 is 0 Å². The molecule has 0 aliphatic heterocycles. The number of methoxy groups -OCH3 is 1. The van der Waals surface area contributed by atoms with Gasteiger partial charge in [0.2, 0.25) is 0 Å². The van der Waals surface area contributed by atoms with Crippen LogP contribution in [0.4, 0.5) is 0 Å². The molecule has 2 aliphatic carbocycles. The van der Waals surface area contributed by atoms with Crippen molar-refractivity contribution >= 4 is 32.7 Å². The Hall–Kier alpha value is 0.760. The molecule has 0 saturated heterocycles. The van der Waals surface area contributed by atoms with Crippen molar-refractivity contribution in [2.24, 2.45) is 17.8 Å². The molecule has 6 atom stereocenters. The van der Waals surface area contributed by atoms with Crippen LogP contribution in [0.2, 0.25) is 0 Å². The maximum absolute atomic E-state index is 11.8. The number of carbonyl (C=O) groups excluding carboxylic acids is 2. The molecule has 27 heavy (non-hydrogen) atoms. The Morgan fingerprint density at radius 3 is 1.93 bits per heavy atom. The number of ether oxygens (including phenoxy) is 2. The Bertz CT molecular complexity index is 738. The Morgan fingerprint density at radius 2 is 1.48 bits per heavy atom. The number of hydrogen-bond acceptors (Lipinski definition) is 10. The van der Waals surface area contributed by atoms with Gasteiger partial charge in [0.05, 0.1) is 43.8 Å². The monoisotopic (exact) mass is 444 g/mol. The van der Waals surface area contributed by atoms with Crippen LogP contribution in [0.1, 0.15) is 25.7 Å². The van der Waals surface area contributed by atoms with Gasteiger partial charge in [-0.05, 0) is 31.1 Å². The average Bonchev–Trinajstić information content (AvgIpc) is 2.50. The van der Waals surface area contributed by atoms with E-state index < -0.39 is 67.0 Å². The summed E-state index contributed by atoms with van der Waals surface area (Å²) in [6.07, 6.45) is -1.56. The van der Waals surface area contributed by atoms with Crippen LogP contribution in [0.5, 0.6) is 0 Å². The molecule has 0 aromatic heterocycles. The minimum absolute atomic E-state index is 0. The van der Waals surface area contributed by atoms with Gasteiger partial charge in [0.25, 0.3) is 6.47 Å². The second-order valence-corrected chi connectivity index (χ2v) is 9.60. The van der Waals surface area contributed by atoms with Gasteiger partial charge in [-0.3, -0.25) is 9.59 Å². The second-order valence-electron chi connectivity index (χ2n) is 6.42. The SMILES string of the molecule is COC(=O)C1CC2CC(OC=O)CC(S(=O)(=O)[O-])C2C(S(=O)(=O)[O-])C1.[Na+].[Na+]. The standard InChI is InChI=1S/C13H20O10S2.2Na/c1-22-13(15)8-2-7-3-9(23-6-14)5-11(25(19,20)21)12(7)10(4-8)24(16,17)18;;/h6-12H,2-5H2,1H3,(H,16,17,18)(H,19,20,21);;/q;2*+1/p-2. The quantitative estimate of drug-likeness (QED) is 0.172. The zero-order valence-corrected chi connectivity index (χ0v) is 20.9. The summed E-state index contributed by atoms with van der Waals surface area (Å²) >= 11 is 0. The molecule has 0 bridgehead atoms. The van der Waals surface area contributed by atoms with Gasteiger partial charge in [0.1, 0.15) is 6.10 Å². The van der Waals surface area contributed by atoms with Crippen molar-refractivity contribution < 1.29 is 104 Å². The van der Waals surface area contributed by atoms with E-state index in [2.05, 4.69) is 4.74 Å². The Balaban J connectivity index is 0.00000338. The number of hydrogen-bond donors (Lipinski definition) is 0. The van der Waals surface area contributed by atoms with Crippen molar-refractivity contribution in [3.63, 3.8) is 0 Å². The molecule has 144 valence electrons. The fraction of sp³-hybridized carbons (Fsp3) is 0.846. The minimum Gasteiger partial charge on any atom is -0.748 e. The van der Waals surface area contributed by atoms with Crippen LogP contribution in [0.3, 0.4) is 0 Å². The number of carbonyl (C=O) groups is 2. The van der Waals surface area contributed by atoms with E-state index in [1.807, 2.05) is 0 Å². The largest absolute Gasteiger partial charge is 1.00 e. The molecule has 2 aliphatic rings. The van der Waals surface area contributed by atoms with Crippen molar-refractivity contribution in [3.8, 4) is 0 Å². The maximum atomic E-state index is 11.8. The Labute approximate surface area is 202 Å². The Morgan fingerprint density at radius 1 is 0.963 bits per heavy atom. The predicted molar refractivity (Wildman–Crippen MR) is 78.9 cm³/mol. The molecular weight excluding hydrogens is 426 g/mol. The van der Waals surface area contributed by atoms with E-state index >= 15 is 0 Å². The molecule has 0 N–H and O–H groups in total. The van der Waals surface area contributed by atoms with Crippen molar-refractivity contribution in [1.82, 2.24) is 0 Å². The summed E-state index contributed by atoms with van der Waals surface area (Å²) < 4.78 is 79.4. The molecule has 2 rings (SSSR count). The van der Waals surface area contributed by atoms with Gasteiger partial charge in [0, 0.05) is 6.42 Å². The van der Waals surface area contributed by atoms with Crippen LogP contribution in [0.15, 0.2) is 0 Å². The van der Waals surface area contributed by atoms with Crippen LogP contribution in [-0.2, 0) is 39.3 Å². The zero-order valence-electron chi connectivity index (χ0n) is 15.3. The van der Waals surface area contributed by atoms with E-state index in [9.17, 15) is 35.5 Å². The van der Waals surface area contributed by atoms with E-state index in [0.29, 0.717) is 0 Å². The first-order chi connectivity index (χ1) is 11.5. The second kappa shape index (κ2) is 10.7. The number of fused-ring (bicyclic) bond motifs is 1. The molecule has 14 heteroatoms. The van der Waals surface area contributed by atoms with Crippen LogP contribution in [0, 0.1) is 17.8 Å². The summed E-state index contributed by atoms with van der Waals surface area (Å²) in [5.41, 5.74) is 0. The van der Waals surface area contributed by atoms with E-state index in [4.69, 9.17) is 4.74 Å². The zero-order chi connectivity index (χ0) is 19.0. The van der Waals surface area contributed by atoms with Crippen molar-refractivity contribution in [2.45, 2.75) is 42.3 Å². The summed E-state index contributed by atoms with van der Waals surface area (Å²) in [5.74, 6) is -3.62. The van der Waals surface area contributed by atoms with Crippen LogP contribution < -0.4 is 59.1 Å². The maximum Gasteiger partial charge on any atom is 1.00 e. The van der Waals surface area contributed by atoms with Crippen molar-refractivity contribution in [3.05, 3.63) is 0 Å². The average molecular weight is 444 g/mol. The van der Waals surface area contributed by atoms with Gasteiger partial charge in [0.15, 0.2) is 0 Å². The van der Waals surface area contributed by atoms with Gasteiger partial charge in [-0.2, -0.15) is 0 Å². The predicted octanol–water partition coefficient (Wildman–Crippen LogP) is -7.03. The number of esters is 1. The fourth-order valence-corrected chi connectivity index (χ4v) is 6.79. The molecule has 0 spiro atoms. The molecular formula is C13H18Na2O10S2. The fourth-order valence-electron chi connectivity index (χ4n) is 4.18. The molecule has 2 saturated carbocycles. The molecule has 0 aromatic carbocycles. The third-order valence-corrected chi connectivity index (χ3v) is 7.59. The third kappa shape index (κ3) is 6.63. The molecule has 0 aromatic rings. The Kier molecular flexibility index (Phi) is 11.0. The van der Waals surface area contributed by atoms with Crippen molar-refractivity contribution in [2.75, 3.05) is 7.11 Å². The summed E-state index contributed by atoms with van der Waals surface area (Å²) in [4.78, 5) is 22.4.